The normalized spacial score (nSPS) is 10.1. The zero-order valence-electron chi connectivity index (χ0n) is 9.86. The highest BCUT2D eigenvalue weighted by Crippen LogP contribution is 2.10. The Hall–Kier alpha value is -2.04. The maximum absolute atomic E-state index is 11.4. The van der Waals surface area contributed by atoms with E-state index in [0.29, 0.717) is 18.2 Å². The number of rotatable bonds is 4. The molecule has 1 aromatic carbocycles. The molecular weight excluding hydrogens is 220 g/mol. The molecule has 0 aliphatic heterocycles. The fourth-order valence-corrected chi connectivity index (χ4v) is 1.20. The Morgan fingerprint density at radius 2 is 2.06 bits per heavy atom. The van der Waals surface area contributed by atoms with Crippen LogP contribution in [-0.2, 0) is 0 Å². The topological polar surface area (TPSA) is 78.4 Å². The molecule has 0 unspecified atom stereocenters. The lowest BCUT2D eigenvalue weighted by atomic mass is 10.2. The lowest BCUT2D eigenvalue weighted by molar-refractivity contribution is 0.0697. The first-order valence-electron chi connectivity index (χ1n) is 5.37. The molecule has 0 atom stereocenters. The van der Waals surface area contributed by atoms with Crippen LogP contribution in [0.25, 0.3) is 0 Å². The van der Waals surface area contributed by atoms with Crippen LogP contribution < -0.4 is 10.6 Å². The van der Waals surface area contributed by atoms with Crippen molar-refractivity contribution >= 4 is 17.7 Å². The molecule has 2 amide bonds. The van der Waals surface area contributed by atoms with Gasteiger partial charge in [0.25, 0.3) is 0 Å². The van der Waals surface area contributed by atoms with E-state index in [9.17, 15) is 9.59 Å². The predicted molar refractivity (Wildman–Crippen MR) is 65.3 cm³/mol. The van der Waals surface area contributed by atoms with Crippen molar-refractivity contribution in [3.05, 3.63) is 29.8 Å². The minimum absolute atomic E-state index is 0.145. The summed E-state index contributed by atoms with van der Waals surface area (Å²) >= 11 is 0. The fourth-order valence-electron chi connectivity index (χ4n) is 1.20. The van der Waals surface area contributed by atoms with Gasteiger partial charge in [-0.3, -0.25) is 0 Å². The molecule has 1 rings (SSSR count). The molecule has 0 aliphatic rings. The third-order valence-corrected chi connectivity index (χ3v) is 2.04. The Bertz CT molecular complexity index is 416. The van der Waals surface area contributed by atoms with Crippen LogP contribution >= 0.6 is 0 Å². The maximum atomic E-state index is 11.4. The highest BCUT2D eigenvalue weighted by molar-refractivity contribution is 5.93. The fraction of sp³-hybridized carbons (Fsp3) is 0.333. The van der Waals surface area contributed by atoms with Gasteiger partial charge in [0, 0.05) is 12.2 Å². The van der Waals surface area contributed by atoms with Gasteiger partial charge in [0.1, 0.15) is 0 Å². The summed E-state index contributed by atoms with van der Waals surface area (Å²) in [6.07, 6.45) is 0. The van der Waals surface area contributed by atoms with Gasteiger partial charge in [-0.2, -0.15) is 0 Å². The minimum Gasteiger partial charge on any atom is -0.478 e. The number of benzene rings is 1. The summed E-state index contributed by atoms with van der Waals surface area (Å²) in [4.78, 5) is 22.2. The lowest BCUT2D eigenvalue weighted by Crippen LogP contribution is -2.31. The van der Waals surface area contributed by atoms with Gasteiger partial charge in [0.05, 0.1) is 5.56 Å². The second-order valence-electron chi connectivity index (χ2n) is 4.11. The summed E-state index contributed by atoms with van der Waals surface area (Å²) in [7, 11) is 0. The van der Waals surface area contributed by atoms with Crippen LogP contribution in [0.1, 0.15) is 24.2 Å². The van der Waals surface area contributed by atoms with E-state index in [1.165, 1.54) is 12.1 Å². The maximum Gasteiger partial charge on any atom is 0.335 e. The first kappa shape index (κ1) is 13.0. The number of hydrogen-bond acceptors (Lipinski definition) is 2. The van der Waals surface area contributed by atoms with Gasteiger partial charge in [0.2, 0.25) is 0 Å². The summed E-state index contributed by atoms with van der Waals surface area (Å²) in [5.74, 6) is -0.651. The molecule has 0 aliphatic carbocycles. The molecule has 0 radical (unpaired) electrons. The molecule has 1 aromatic rings. The van der Waals surface area contributed by atoms with Crippen LogP contribution in [0.3, 0.4) is 0 Å². The van der Waals surface area contributed by atoms with Gasteiger partial charge < -0.3 is 15.7 Å². The molecule has 0 fully saturated rings. The number of carbonyl (C=O) groups excluding carboxylic acids is 1. The number of amides is 2. The van der Waals surface area contributed by atoms with E-state index in [1.54, 1.807) is 12.1 Å². The van der Waals surface area contributed by atoms with Crippen molar-refractivity contribution < 1.29 is 14.7 Å². The minimum atomic E-state index is -1.02. The Labute approximate surface area is 99.8 Å². The number of anilines is 1. The smallest absolute Gasteiger partial charge is 0.335 e. The Morgan fingerprint density at radius 1 is 1.35 bits per heavy atom. The van der Waals surface area contributed by atoms with E-state index in [0.717, 1.165) is 0 Å². The summed E-state index contributed by atoms with van der Waals surface area (Å²) in [5, 5.41) is 14.1. The number of carbonyl (C=O) groups is 2. The van der Waals surface area contributed by atoms with E-state index in [1.807, 2.05) is 13.8 Å². The molecule has 0 spiro atoms. The van der Waals surface area contributed by atoms with Crippen molar-refractivity contribution in [3.8, 4) is 0 Å². The van der Waals surface area contributed by atoms with Crippen LogP contribution in [0.15, 0.2) is 24.3 Å². The Balaban J connectivity index is 2.59. The van der Waals surface area contributed by atoms with Crippen molar-refractivity contribution in [2.24, 2.45) is 5.92 Å². The van der Waals surface area contributed by atoms with Gasteiger partial charge >= 0.3 is 12.0 Å². The standard InChI is InChI=1S/C12H16N2O3/c1-8(2)7-13-12(17)14-10-5-3-4-9(6-10)11(15)16/h3-6,8H,7H2,1-2H3,(H,15,16)(H2,13,14,17). The van der Waals surface area contributed by atoms with Gasteiger partial charge in [-0.05, 0) is 24.1 Å². The van der Waals surface area contributed by atoms with Gasteiger partial charge in [-0.25, -0.2) is 9.59 Å². The molecule has 92 valence electrons. The number of hydrogen-bond donors (Lipinski definition) is 3. The summed E-state index contributed by atoms with van der Waals surface area (Å²) in [6, 6.07) is 5.78. The van der Waals surface area contributed by atoms with Gasteiger partial charge in [-0.15, -0.1) is 0 Å². The average Bonchev–Trinajstić information content (AvgIpc) is 2.26. The van der Waals surface area contributed by atoms with E-state index < -0.39 is 5.97 Å². The molecule has 0 saturated carbocycles. The number of nitrogens with one attached hydrogen (secondary N) is 2. The van der Waals surface area contributed by atoms with E-state index in [2.05, 4.69) is 10.6 Å². The zero-order valence-corrected chi connectivity index (χ0v) is 9.86. The Kier molecular flexibility index (Phi) is 4.51. The van der Waals surface area contributed by atoms with Crippen LogP contribution in [0, 0.1) is 5.92 Å². The predicted octanol–water partition coefficient (Wildman–Crippen LogP) is 2.16. The van der Waals surface area contributed by atoms with E-state index in [-0.39, 0.29) is 11.6 Å². The summed E-state index contributed by atoms with van der Waals surface area (Å²) in [6.45, 7) is 4.56. The van der Waals surface area contributed by atoms with Gasteiger partial charge in [-0.1, -0.05) is 19.9 Å². The number of carboxylic acid groups (broad SMARTS) is 1. The van der Waals surface area contributed by atoms with Crippen molar-refractivity contribution in [3.63, 3.8) is 0 Å². The SMILES string of the molecule is CC(C)CNC(=O)Nc1cccc(C(=O)O)c1. The molecule has 3 N–H and O–H groups in total. The number of carboxylic acids is 1. The van der Waals surface area contributed by atoms with Crippen LogP contribution in [-0.4, -0.2) is 23.7 Å². The second-order valence-corrected chi connectivity index (χ2v) is 4.11. The van der Waals surface area contributed by atoms with E-state index >= 15 is 0 Å². The molecule has 5 nitrogen and oxygen atoms in total. The second kappa shape index (κ2) is 5.89. The molecular formula is C12H16N2O3. The molecule has 5 heteroatoms. The van der Waals surface area contributed by atoms with Crippen molar-refractivity contribution in [2.75, 3.05) is 11.9 Å². The van der Waals surface area contributed by atoms with Crippen LogP contribution in [0.4, 0.5) is 10.5 Å². The number of urea groups is 1. The highest BCUT2D eigenvalue weighted by Gasteiger charge is 2.06. The third kappa shape index (κ3) is 4.55. The summed E-state index contributed by atoms with van der Waals surface area (Å²) in [5.41, 5.74) is 0.609. The number of aromatic carboxylic acids is 1. The van der Waals surface area contributed by atoms with Gasteiger partial charge in [0.15, 0.2) is 0 Å². The highest BCUT2D eigenvalue weighted by atomic mass is 16.4. The van der Waals surface area contributed by atoms with Crippen molar-refractivity contribution in [1.29, 1.82) is 0 Å². The van der Waals surface area contributed by atoms with E-state index in [4.69, 9.17) is 5.11 Å². The average molecular weight is 236 g/mol. The largest absolute Gasteiger partial charge is 0.478 e. The molecule has 0 heterocycles. The molecule has 17 heavy (non-hydrogen) atoms. The molecule has 0 saturated heterocycles. The summed E-state index contributed by atoms with van der Waals surface area (Å²) < 4.78 is 0. The van der Waals surface area contributed by atoms with Crippen molar-refractivity contribution in [1.82, 2.24) is 5.32 Å². The third-order valence-electron chi connectivity index (χ3n) is 2.04. The zero-order chi connectivity index (χ0) is 12.8. The molecule has 0 bridgehead atoms. The van der Waals surface area contributed by atoms with Crippen LogP contribution in [0.5, 0.6) is 0 Å². The monoisotopic (exact) mass is 236 g/mol. The first-order chi connectivity index (χ1) is 7.99. The van der Waals surface area contributed by atoms with Crippen molar-refractivity contribution in [2.45, 2.75) is 13.8 Å². The Morgan fingerprint density at radius 3 is 2.65 bits per heavy atom. The van der Waals surface area contributed by atoms with Crippen LogP contribution in [0.2, 0.25) is 0 Å². The first-order valence-corrected chi connectivity index (χ1v) is 5.37. The lowest BCUT2D eigenvalue weighted by Gasteiger charge is -2.09. The quantitative estimate of drug-likeness (QED) is 0.749. The molecule has 0 aromatic heterocycles.